The van der Waals surface area contributed by atoms with Crippen LogP contribution in [0.1, 0.15) is 48.2 Å². The summed E-state index contributed by atoms with van der Waals surface area (Å²) in [5.41, 5.74) is 3.49. The van der Waals surface area contributed by atoms with Crippen molar-refractivity contribution in [3.8, 4) is 11.3 Å². The number of aromatic amines is 1. The van der Waals surface area contributed by atoms with Crippen LogP contribution in [0.2, 0.25) is 0 Å². The highest BCUT2D eigenvalue weighted by Crippen LogP contribution is 2.28. The summed E-state index contributed by atoms with van der Waals surface area (Å²) in [6, 6.07) is 1.85. The molecule has 0 aliphatic rings. The monoisotopic (exact) mass is 262 g/mol. The summed E-state index contributed by atoms with van der Waals surface area (Å²) in [4.78, 5) is 10.9. The first-order chi connectivity index (χ1) is 8.95. The molecule has 0 saturated heterocycles. The molecule has 2 aromatic rings. The van der Waals surface area contributed by atoms with E-state index in [0.717, 1.165) is 23.4 Å². The Balaban J connectivity index is 2.50. The van der Waals surface area contributed by atoms with Gasteiger partial charge in [-0.1, -0.05) is 6.92 Å². The Morgan fingerprint density at radius 1 is 1.53 bits per heavy atom. The zero-order valence-corrected chi connectivity index (χ0v) is 11.6. The highest BCUT2D eigenvalue weighted by Gasteiger charge is 2.19. The number of hydrogen-bond acceptors (Lipinski definition) is 3. The number of aromatic carboxylic acids is 1. The predicted octanol–water partition coefficient (Wildman–Crippen LogP) is 2.56. The molecular formula is C13H18N4O2. The molecule has 0 unspecified atom stereocenters. The van der Waals surface area contributed by atoms with Crippen LogP contribution in [-0.2, 0) is 0 Å². The SMILES string of the molecule is CC[C@@H](C)n1nc(C)c(-c2cc(C(=O)O)[nH]n2)c1C. The highest BCUT2D eigenvalue weighted by molar-refractivity contribution is 5.87. The normalized spacial score (nSPS) is 12.6. The van der Waals surface area contributed by atoms with Crippen molar-refractivity contribution in [1.82, 2.24) is 20.0 Å². The lowest BCUT2D eigenvalue weighted by Gasteiger charge is -2.11. The van der Waals surface area contributed by atoms with Crippen molar-refractivity contribution >= 4 is 5.97 Å². The topological polar surface area (TPSA) is 83.8 Å². The number of aromatic nitrogens is 4. The van der Waals surface area contributed by atoms with Crippen LogP contribution in [-0.4, -0.2) is 31.1 Å². The maximum Gasteiger partial charge on any atom is 0.353 e. The van der Waals surface area contributed by atoms with Gasteiger partial charge < -0.3 is 5.11 Å². The van der Waals surface area contributed by atoms with E-state index in [1.165, 1.54) is 0 Å². The van der Waals surface area contributed by atoms with Gasteiger partial charge in [0.25, 0.3) is 0 Å². The lowest BCUT2D eigenvalue weighted by Crippen LogP contribution is -2.07. The van der Waals surface area contributed by atoms with Crippen molar-refractivity contribution in [2.24, 2.45) is 0 Å². The van der Waals surface area contributed by atoms with E-state index in [1.807, 2.05) is 18.5 Å². The maximum absolute atomic E-state index is 10.9. The summed E-state index contributed by atoms with van der Waals surface area (Å²) >= 11 is 0. The molecule has 102 valence electrons. The zero-order chi connectivity index (χ0) is 14.2. The van der Waals surface area contributed by atoms with Crippen molar-refractivity contribution in [3.63, 3.8) is 0 Å². The van der Waals surface area contributed by atoms with Gasteiger partial charge in [-0.2, -0.15) is 10.2 Å². The van der Waals surface area contributed by atoms with Gasteiger partial charge in [0.2, 0.25) is 0 Å². The molecule has 6 heteroatoms. The Morgan fingerprint density at radius 2 is 2.21 bits per heavy atom. The van der Waals surface area contributed by atoms with Crippen molar-refractivity contribution < 1.29 is 9.90 Å². The fourth-order valence-electron chi connectivity index (χ4n) is 2.20. The molecule has 19 heavy (non-hydrogen) atoms. The van der Waals surface area contributed by atoms with E-state index in [-0.39, 0.29) is 5.69 Å². The van der Waals surface area contributed by atoms with Gasteiger partial charge in [0.15, 0.2) is 0 Å². The van der Waals surface area contributed by atoms with Crippen molar-refractivity contribution in [1.29, 1.82) is 0 Å². The molecule has 2 N–H and O–H groups in total. The fourth-order valence-corrected chi connectivity index (χ4v) is 2.20. The summed E-state index contributed by atoms with van der Waals surface area (Å²) < 4.78 is 1.97. The second-order valence-corrected chi connectivity index (χ2v) is 4.72. The van der Waals surface area contributed by atoms with E-state index in [4.69, 9.17) is 5.11 Å². The van der Waals surface area contributed by atoms with Crippen molar-refractivity contribution in [2.45, 2.75) is 40.2 Å². The van der Waals surface area contributed by atoms with Gasteiger partial charge in [-0.05, 0) is 33.3 Å². The zero-order valence-electron chi connectivity index (χ0n) is 11.6. The van der Waals surface area contributed by atoms with Crippen LogP contribution >= 0.6 is 0 Å². The number of aryl methyl sites for hydroxylation is 1. The number of carboxylic acids is 1. The summed E-state index contributed by atoms with van der Waals surface area (Å²) in [5, 5.41) is 20.0. The molecule has 0 saturated carbocycles. The minimum absolute atomic E-state index is 0.0880. The molecule has 0 spiro atoms. The number of carboxylic acid groups (broad SMARTS) is 1. The van der Waals surface area contributed by atoms with E-state index in [9.17, 15) is 4.79 Å². The summed E-state index contributed by atoms with van der Waals surface area (Å²) in [6.45, 7) is 8.11. The van der Waals surface area contributed by atoms with Crippen LogP contribution in [0, 0.1) is 13.8 Å². The lowest BCUT2D eigenvalue weighted by molar-refractivity contribution is 0.0690. The van der Waals surface area contributed by atoms with E-state index >= 15 is 0 Å². The standard InChI is InChI=1S/C13H18N4O2/c1-5-7(2)17-9(4)12(8(3)16-17)10-6-11(13(18)19)15-14-10/h6-7H,5H2,1-4H3,(H,14,15)(H,18,19)/t7-/m1/s1. The van der Waals surface area contributed by atoms with E-state index in [2.05, 4.69) is 29.1 Å². The van der Waals surface area contributed by atoms with Crippen molar-refractivity contribution in [3.05, 3.63) is 23.1 Å². The Morgan fingerprint density at radius 3 is 2.74 bits per heavy atom. The Hall–Kier alpha value is -2.11. The summed E-state index contributed by atoms with van der Waals surface area (Å²) in [6.07, 6.45) is 0.988. The van der Waals surface area contributed by atoms with Gasteiger partial charge in [-0.25, -0.2) is 4.79 Å². The molecule has 1 atom stereocenters. The predicted molar refractivity (Wildman–Crippen MR) is 71.2 cm³/mol. The molecular weight excluding hydrogens is 244 g/mol. The molecule has 0 aliphatic heterocycles. The Labute approximate surface area is 111 Å². The molecule has 0 aliphatic carbocycles. The first-order valence-electron chi connectivity index (χ1n) is 6.30. The van der Waals surface area contributed by atoms with Gasteiger partial charge in [-0.15, -0.1) is 0 Å². The molecule has 6 nitrogen and oxygen atoms in total. The molecule has 2 rings (SSSR count). The largest absolute Gasteiger partial charge is 0.477 e. The van der Waals surface area contributed by atoms with Gasteiger partial charge in [0.05, 0.1) is 11.4 Å². The minimum atomic E-state index is -1.01. The highest BCUT2D eigenvalue weighted by atomic mass is 16.4. The van der Waals surface area contributed by atoms with Gasteiger partial charge >= 0.3 is 5.97 Å². The fraction of sp³-hybridized carbons (Fsp3) is 0.462. The van der Waals surface area contributed by atoms with Crippen molar-refractivity contribution in [2.75, 3.05) is 0 Å². The van der Waals surface area contributed by atoms with Crippen LogP contribution in [0.25, 0.3) is 11.3 Å². The number of nitrogens with zero attached hydrogens (tertiary/aromatic N) is 3. The lowest BCUT2D eigenvalue weighted by atomic mass is 10.1. The number of H-pyrrole nitrogens is 1. The van der Waals surface area contributed by atoms with Crippen LogP contribution in [0.15, 0.2) is 6.07 Å². The van der Waals surface area contributed by atoms with Crippen LogP contribution in [0.3, 0.4) is 0 Å². The van der Waals surface area contributed by atoms with E-state index < -0.39 is 5.97 Å². The molecule has 2 heterocycles. The smallest absolute Gasteiger partial charge is 0.353 e. The number of rotatable bonds is 4. The Bertz CT molecular complexity index is 612. The third-order valence-electron chi connectivity index (χ3n) is 3.40. The van der Waals surface area contributed by atoms with Gasteiger partial charge in [-0.3, -0.25) is 9.78 Å². The molecule has 0 amide bonds. The van der Waals surface area contributed by atoms with Gasteiger partial charge in [0.1, 0.15) is 5.69 Å². The van der Waals surface area contributed by atoms with Crippen LogP contribution in [0.4, 0.5) is 0 Å². The quantitative estimate of drug-likeness (QED) is 0.886. The maximum atomic E-state index is 10.9. The van der Waals surface area contributed by atoms with E-state index in [1.54, 1.807) is 6.07 Å². The summed E-state index contributed by atoms with van der Waals surface area (Å²) in [7, 11) is 0. The third kappa shape index (κ3) is 2.25. The number of hydrogen-bond donors (Lipinski definition) is 2. The molecule has 0 radical (unpaired) electrons. The first-order valence-corrected chi connectivity index (χ1v) is 6.30. The summed E-state index contributed by atoms with van der Waals surface area (Å²) in [5.74, 6) is -1.01. The van der Waals surface area contributed by atoms with E-state index in [0.29, 0.717) is 11.7 Å². The number of carbonyl (C=O) groups is 1. The first kappa shape index (κ1) is 13.3. The third-order valence-corrected chi connectivity index (χ3v) is 3.40. The Kier molecular flexibility index (Phi) is 3.42. The average molecular weight is 262 g/mol. The number of nitrogens with one attached hydrogen (secondary N) is 1. The van der Waals surface area contributed by atoms with Crippen LogP contribution < -0.4 is 0 Å². The van der Waals surface area contributed by atoms with Crippen LogP contribution in [0.5, 0.6) is 0 Å². The molecule has 0 aromatic carbocycles. The molecule has 2 aromatic heterocycles. The van der Waals surface area contributed by atoms with Gasteiger partial charge in [0, 0.05) is 17.3 Å². The molecule has 0 bridgehead atoms. The average Bonchev–Trinajstić information content (AvgIpc) is 2.93. The second kappa shape index (κ2) is 4.87. The second-order valence-electron chi connectivity index (χ2n) is 4.72. The molecule has 0 fully saturated rings. The minimum Gasteiger partial charge on any atom is -0.477 e.